The molecule has 7 nitrogen and oxygen atoms in total. The highest BCUT2D eigenvalue weighted by molar-refractivity contribution is 7.17. The Hall–Kier alpha value is -2.89. The lowest BCUT2D eigenvalue weighted by molar-refractivity contribution is -0.123. The Morgan fingerprint density at radius 2 is 1.97 bits per heavy atom. The summed E-state index contributed by atoms with van der Waals surface area (Å²) in [6.45, 7) is 3.72. The Morgan fingerprint density at radius 3 is 2.59 bits per heavy atom. The summed E-state index contributed by atoms with van der Waals surface area (Å²) in [7, 11) is 0. The van der Waals surface area contributed by atoms with Gasteiger partial charge in [-0.2, -0.15) is 5.26 Å². The van der Waals surface area contributed by atoms with Crippen LogP contribution in [0.1, 0.15) is 40.3 Å². The van der Waals surface area contributed by atoms with Gasteiger partial charge in [0.05, 0.1) is 16.5 Å². The van der Waals surface area contributed by atoms with E-state index in [1.165, 1.54) is 18.2 Å². The molecule has 2 rings (SSSR count). The van der Waals surface area contributed by atoms with Crippen LogP contribution in [-0.2, 0) is 4.79 Å². The number of amides is 2. The molecule has 3 N–H and O–H groups in total. The van der Waals surface area contributed by atoms with Crippen LogP contribution in [0.25, 0.3) is 10.4 Å². The number of aromatic carboxylic acids is 1. The van der Waals surface area contributed by atoms with E-state index in [0.717, 1.165) is 11.3 Å². The standard InChI is InChI=1S/C20H20ClN3O4S/c1-11(2)9-15(18(25)23-8-7-22)24-19(26)17-6-5-16(29-17)13-10-12(20(27)28)3-4-14(13)21/h3-6,10-11,15H,8-9H2,1-2H3,(H,23,25)(H,24,26)(H,27,28)/t15-/m0/s1. The van der Waals surface area contributed by atoms with E-state index in [-0.39, 0.29) is 18.0 Å². The highest BCUT2D eigenvalue weighted by Crippen LogP contribution is 2.34. The number of nitrogens with zero attached hydrogens (tertiary/aromatic N) is 1. The number of halogens is 1. The van der Waals surface area contributed by atoms with Crippen molar-refractivity contribution in [2.45, 2.75) is 26.3 Å². The molecule has 0 saturated carbocycles. The van der Waals surface area contributed by atoms with Crippen molar-refractivity contribution in [3.63, 3.8) is 0 Å². The number of thiophene rings is 1. The van der Waals surface area contributed by atoms with Crippen molar-refractivity contribution < 1.29 is 19.5 Å². The van der Waals surface area contributed by atoms with E-state index in [1.807, 2.05) is 19.9 Å². The van der Waals surface area contributed by atoms with E-state index in [1.54, 1.807) is 12.1 Å². The molecule has 0 aliphatic carbocycles. The second-order valence-electron chi connectivity index (χ2n) is 6.70. The second kappa shape index (κ2) is 10.0. The highest BCUT2D eigenvalue weighted by Gasteiger charge is 2.23. The predicted molar refractivity (Wildman–Crippen MR) is 111 cm³/mol. The lowest BCUT2D eigenvalue weighted by atomic mass is 10.0. The van der Waals surface area contributed by atoms with Crippen LogP contribution >= 0.6 is 22.9 Å². The fraction of sp³-hybridized carbons (Fsp3) is 0.300. The molecular weight excluding hydrogens is 414 g/mol. The summed E-state index contributed by atoms with van der Waals surface area (Å²) in [6.07, 6.45) is 0.424. The van der Waals surface area contributed by atoms with Crippen LogP contribution in [0.2, 0.25) is 5.02 Å². The van der Waals surface area contributed by atoms with Crippen LogP contribution in [0.5, 0.6) is 0 Å². The van der Waals surface area contributed by atoms with E-state index in [9.17, 15) is 14.4 Å². The number of hydrogen-bond donors (Lipinski definition) is 3. The van der Waals surface area contributed by atoms with Gasteiger partial charge in [-0.05, 0) is 42.7 Å². The maximum atomic E-state index is 12.6. The molecule has 2 aromatic rings. The lowest BCUT2D eigenvalue weighted by Gasteiger charge is -2.19. The van der Waals surface area contributed by atoms with Crippen molar-refractivity contribution in [3.05, 3.63) is 45.8 Å². The summed E-state index contributed by atoms with van der Waals surface area (Å²) in [5, 5.41) is 23.3. The number of carboxylic acids is 1. The molecule has 0 bridgehead atoms. The Morgan fingerprint density at radius 1 is 1.24 bits per heavy atom. The summed E-state index contributed by atoms with van der Waals surface area (Å²) in [5.41, 5.74) is 0.607. The minimum atomic E-state index is -1.07. The van der Waals surface area contributed by atoms with Gasteiger partial charge in [0.1, 0.15) is 12.6 Å². The number of carbonyl (C=O) groups is 3. The largest absolute Gasteiger partial charge is 0.478 e. The minimum Gasteiger partial charge on any atom is -0.478 e. The summed E-state index contributed by atoms with van der Waals surface area (Å²) < 4.78 is 0. The van der Waals surface area contributed by atoms with Crippen molar-refractivity contribution in [3.8, 4) is 16.5 Å². The van der Waals surface area contributed by atoms with Crippen LogP contribution in [0.4, 0.5) is 0 Å². The van der Waals surface area contributed by atoms with E-state index >= 15 is 0 Å². The molecule has 2 amide bonds. The number of benzene rings is 1. The van der Waals surface area contributed by atoms with Gasteiger partial charge < -0.3 is 15.7 Å². The molecular formula is C20H20ClN3O4S. The molecule has 0 aliphatic rings. The number of rotatable bonds is 8. The smallest absolute Gasteiger partial charge is 0.335 e. The first-order chi connectivity index (χ1) is 13.7. The fourth-order valence-corrected chi connectivity index (χ4v) is 3.85. The van der Waals surface area contributed by atoms with E-state index in [2.05, 4.69) is 10.6 Å². The number of nitriles is 1. The van der Waals surface area contributed by atoms with E-state index in [0.29, 0.717) is 26.8 Å². The zero-order valence-electron chi connectivity index (χ0n) is 15.9. The normalized spacial score (nSPS) is 11.6. The molecule has 0 aliphatic heterocycles. The first-order valence-corrected chi connectivity index (χ1v) is 10.0. The maximum Gasteiger partial charge on any atom is 0.335 e. The van der Waals surface area contributed by atoms with Crippen molar-refractivity contribution in [1.29, 1.82) is 5.26 Å². The molecule has 152 valence electrons. The number of carboxylic acid groups (broad SMARTS) is 1. The van der Waals surface area contributed by atoms with Crippen LogP contribution in [0.3, 0.4) is 0 Å². The monoisotopic (exact) mass is 433 g/mol. The van der Waals surface area contributed by atoms with Crippen LogP contribution < -0.4 is 10.6 Å². The molecule has 9 heteroatoms. The van der Waals surface area contributed by atoms with Crippen molar-refractivity contribution >= 4 is 40.7 Å². The van der Waals surface area contributed by atoms with Gasteiger partial charge in [0.2, 0.25) is 5.91 Å². The van der Waals surface area contributed by atoms with Gasteiger partial charge >= 0.3 is 5.97 Å². The summed E-state index contributed by atoms with van der Waals surface area (Å²) in [4.78, 5) is 37.1. The average molecular weight is 434 g/mol. The first-order valence-electron chi connectivity index (χ1n) is 8.81. The van der Waals surface area contributed by atoms with E-state index in [4.69, 9.17) is 22.0 Å². The Balaban J connectivity index is 2.21. The highest BCUT2D eigenvalue weighted by atomic mass is 35.5. The quantitative estimate of drug-likeness (QED) is 0.550. The third-order valence-electron chi connectivity index (χ3n) is 3.98. The van der Waals surface area contributed by atoms with Gasteiger partial charge in [-0.15, -0.1) is 11.3 Å². The number of carbonyl (C=O) groups excluding carboxylic acids is 2. The SMILES string of the molecule is CC(C)C[C@H](NC(=O)c1ccc(-c2cc(C(=O)O)ccc2Cl)s1)C(=O)NCC#N. The molecule has 0 spiro atoms. The minimum absolute atomic E-state index is 0.0926. The molecule has 0 radical (unpaired) electrons. The van der Waals surface area contributed by atoms with Crippen LogP contribution in [-0.4, -0.2) is 35.5 Å². The van der Waals surface area contributed by atoms with Gasteiger partial charge in [0.15, 0.2) is 0 Å². The Labute approximate surface area is 177 Å². The van der Waals surface area contributed by atoms with Gasteiger partial charge in [-0.25, -0.2) is 4.79 Å². The van der Waals surface area contributed by atoms with Crippen molar-refractivity contribution in [2.24, 2.45) is 5.92 Å². The molecule has 0 fully saturated rings. The molecule has 1 heterocycles. The second-order valence-corrected chi connectivity index (χ2v) is 8.19. The van der Waals surface area contributed by atoms with Crippen LogP contribution in [0, 0.1) is 17.2 Å². The number of nitrogens with one attached hydrogen (secondary N) is 2. The fourth-order valence-electron chi connectivity index (χ4n) is 2.63. The third kappa shape index (κ3) is 6.04. The predicted octanol–water partition coefficient (Wildman–Crippen LogP) is 3.55. The topological polar surface area (TPSA) is 119 Å². The Kier molecular flexibility index (Phi) is 7.76. The number of hydrogen-bond acceptors (Lipinski definition) is 5. The average Bonchev–Trinajstić information content (AvgIpc) is 3.15. The molecule has 1 atom stereocenters. The summed E-state index contributed by atoms with van der Waals surface area (Å²) in [5.74, 6) is -1.76. The maximum absolute atomic E-state index is 12.6. The molecule has 1 aromatic heterocycles. The van der Waals surface area contributed by atoms with Crippen molar-refractivity contribution in [1.82, 2.24) is 10.6 Å². The van der Waals surface area contributed by atoms with Crippen LogP contribution in [0.15, 0.2) is 30.3 Å². The third-order valence-corrected chi connectivity index (χ3v) is 5.43. The Bertz CT molecular complexity index is 965. The zero-order valence-corrected chi connectivity index (χ0v) is 17.4. The van der Waals surface area contributed by atoms with E-state index < -0.39 is 23.8 Å². The summed E-state index contributed by atoms with van der Waals surface area (Å²) in [6, 6.07) is 8.71. The van der Waals surface area contributed by atoms with Gasteiger partial charge in [-0.1, -0.05) is 25.4 Å². The molecule has 0 saturated heterocycles. The van der Waals surface area contributed by atoms with Gasteiger partial charge in [0, 0.05) is 15.5 Å². The van der Waals surface area contributed by atoms with Crippen molar-refractivity contribution in [2.75, 3.05) is 6.54 Å². The molecule has 1 aromatic carbocycles. The zero-order chi connectivity index (χ0) is 21.6. The van der Waals surface area contributed by atoms with Gasteiger partial charge in [-0.3, -0.25) is 9.59 Å². The molecule has 29 heavy (non-hydrogen) atoms. The first kappa shape index (κ1) is 22.4. The molecule has 0 unspecified atom stereocenters. The summed E-state index contributed by atoms with van der Waals surface area (Å²) >= 11 is 7.34. The lowest BCUT2D eigenvalue weighted by Crippen LogP contribution is -2.47. The van der Waals surface area contributed by atoms with Gasteiger partial charge in [0.25, 0.3) is 5.91 Å².